The lowest BCUT2D eigenvalue weighted by molar-refractivity contribution is -0.126. The van der Waals surface area contributed by atoms with Crippen molar-refractivity contribution >= 4 is 29.5 Å². The Morgan fingerprint density at radius 2 is 2.45 bits per heavy atom. The first-order valence-corrected chi connectivity index (χ1v) is 8.29. The molecular formula is C14H15N5OS2. The molecule has 2 aromatic heterocycles. The van der Waals surface area contributed by atoms with Gasteiger partial charge in [-0.05, 0) is 49.9 Å². The molecule has 1 fully saturated rings. The van der Waals surface area contributed by atoms with E-state index >= 15 is 0 Å². The fraction of sp³-hybridized carbons (Fsp3) is 0.429. The molecule has 1 saturated carbocycles. The van der Waals surface area contributed by atoms with Crippen molar-refractivity contribution in [3.8, 4) is 16.8 Å². The summed E-state index contributed by atoms with van der Waals surface area (Å²) in [5.74, 6) is 0.429. The lowest BCUT2D eigenvalue weighted by atomic mass is 9.78. The van der Waals surface area contributed by atoms with Gasteiger partial charge >= 0.3 is 0 Å². The summed E-state index contributed by atoms with van der Waals surface area (Å²) in [7, 11) is 0. The van der Waals surface area contributed by atoms with Gasteiger partial charge in [0.05, 0.1) is 10.9 Å². The maximum atomic E-state index is 12.5. The largest absolute Gasteiger partial charge is 0.336 e. The highest BCUT2D eigenvalue weighted by atomic mass is 32.1. The third kappa shape index (κ3) is 2.46. The fourth-order valence-corrected chi connectivity index (χ4v) is 3.50. The zero-order valence-electron chi connectivity index (χ0n) is 12.0. The Kier molecular flexibility index (Phi) is 3.85. The monoisotopic (exact) mass is 333 g/mol. The summed E-state index contributed by atoms with van der Waals surface area (Å²) >= 11 is 6.79. The topological polar surface area (TPSA) is 86.5 Å². The predicted octanol–water partition coefficient (Wildman–Crippen LogP) is 2.79. The number of carbonyl (C=O) groups excluding carboxylic acids is 1. The van der Waals surface area contributed by atoms with Crippen LogP contribution in [0.4, 0.5) is 0 Å². The van der Waals surface area contributed by atoms with Crippen LogP contribution < -0.4 is 5.32 Å². The minimum atomic E-state index is -0.708. The summed E-state index contributed by atoms with van der Waals surface area (Å²) in [6.45, 7) is 1.77. The van der Waals surface area contributed by atoms with Gasteiger partial charge in [-0.2, -0.15) is 10.4 Å². The molecule has 2 aromatic rings. The van der Waals surface area contributed by atoms with Crippen molar-refractivity contribution in [2.24, 2.45) is 0 Å². The van der Waals surface area contributed by atoms with Crippen molar-refractivity contribution in [3.05, 3.63) is 22.3 Å². The number of amides is 1. The summed E-state index contributed by atoms with van der Waals surface area (Å²) in [5, 5.41) is 21.0. The predicted molar refractivity (Wildman–Crippen MR) is 85.8 cm³/mol. The zero-order valence-corrected chi connectivity index (χ0v) is 13.6. The van der Waals surface area contributed by atoms with Gasteiger partial charge in [-0.1, -0.05) is 6.07 Å². The van der Waals surface area contributed by atoms with Gasteiger partial charge in [-0.3, -0.25) is 14.5 Å². The van der Waals surface area contributed by atoms with Gasteiger partial charge < -0.3 is 5.32 Å². The van der Waals surface area contributed by atoms with E-state index in [1.807, 2.05) is 17.5 Å². The van der Waals surface area contributed by atoms with Crippen LogP contribution in [0.25, 0.3) is 10.7 Å². The van der Waals surface area contributed by atoms with Crippen molar-refractivity contribution in [1.29, 1.82) is 5.26 Å². The maximum Gasteiger partial charge on any atom is 0.244 e. The second-order valence-corrected chi connectivity index (χ2v) is 6.75. The fourth-order valence-electron chi connectivity index (χ4n) is 2.50. The molecule has 2 heterocycles. The minimum Gasteiger partial charge on any atom is -0.336 e. The van der Waals surface area contributed by atoms with Crippen LogP contribution in [0.2, 0.25) is 0 Å². The number of aromatic nitrogens is 3. The SMILES string of the molecule is C[C@@H](C(=O)NC1(C#N)CCC1)n1c(-c2cccs2)n[nH]c1=S. The average Bonchev–Trinajstić information content (AvgIpc) is 3.10. The normalized spacial score (nSPS) is 17.3. The summed E-state index contributed by atoms with van der Waals surface area (Å²) in [5.41, 5.74) is -0.708. The van der Waals surface area contributed by atoms with E-state index in [1.165, 1.54) is 11.3 Å². The van der Waals surface area contributed by atoms with Gasteiger partial charge in [0.2, 0.25) is 5.91 Å². The first-order chi connectivity index (χ1) is 10.6. The van der Waals surface area contributed by atoms with Crippen LogP contribution in [0.1, 0.15) is 32.2 Å². The number of H-pyrrole nitrogens is 1. The molecule has 0 aromatic carbocycles. The number of thiophene rings is 1. The summed E-state index contributed by atoms with van der Waals surface area (Å²) < 4.78 is 2.09. The number of hydrogen-bond acceptors (Lipinski definition) is 5. The van der Waals surface area contributed by atoms with E-state index in [0.717, 1.165) is 11.3 Å². The van der Waals surface area contributed by atoms with Gasteiger partial charge in [0, 0.05) is 0 Å². The highest BCUT2D eigenvalue weighted by Crippen LogP contribution is 2.32. The molecule has 0 unspecified atom stereocenters. The summed E-state index contributed by atoms with van der Waals surface area (Å²) in [6, 6.07) is 5.53. The van der Waals surface area contributed by atoms with Crippen LogP contribution in [0, 0.1) is 16.1 Å². The Hall–Kier alpha value is -1.98. The molecule has 1 aliphatic rings. The lowest BCUT2D eigenvalue weighted by Gasteiger charge is -2.36. The van der Waals surface area contributed by atoms with Crippen molar-refractivity contribution in [2.75, 3.05) is 0 Å². The smallest absolute Gasteiger partial charge is 0.244 e. The molecule has 1 atom stereocenters. The quantitative estimate of drug-likeness (QED) is 0.842. The van der Waals surface area contributed by atoms with Crippen molar-refractivity contribution in [1.82, 2.24) is 20.1 Å². The van der Waals surface area contributed by atoms with Crippen LogP contribution in [0.5, 0.6) is 0 Å². The molecule has 6 nitrogen and oxygen atoms in total. The summed E-state index contributed by atoms with van der Waals surface area (Å²) in [4.78, 5) is 13.5. The lowest BCUT2D eigenvalue weighted by Crippen LogP contribution is -2.53. The molecule has 3 rings (SSSR count). The molecule has 0 bridgehead atoms. The molecule has 2 N–H and O–H groups in total. The van der Waals surface area contributed by atoms with Crippen molar-refractivity contribution < 1.29 is 4.79 Å². The van der Waals surface area contributed by atoms with E-state index in [4.69, 9.17) is 12.2 Å². The Morgan fingerprint density at radius 3 is 3.00 bits per heavy atom. The number of aromatic amines is 1. The first kappa shape index (κ1) is 14.9. The summed E-state index contributed by atoms with van der Waals surface area (Å²) in [6.07, 6.45) is 2.38. The maximum absolute atomic E-state index is 12.5. The van der Waals surface area contributed by atoms with E-state index in [-0.39, 0.29) is 5.91 Å². The average molecular weight is 333 g/mol. The molecule has 1 aliphatic carbocycles. The van der Waals surface area contributed by atoms with E-state index in [1.54, 1.807) is 11.5 Å². The number of rotatable bonds is 4. The highest BCUT2D eigenvalue weighted by Gasteiger charge is 2.39. The van der Waals surface area contributed by atoms with Crippen LogP contribution >= 0.6 is 23.6 Å². The Morgan fingerprint density at radius 1 is 1.68 bits per heavy atom. The molecule has 8 heteroatoms. The first-order valence-electron chi connectivity index (χ1n) is 7.00. The molecule has 0 radical (unpaired) electrons. The molecular weight excluding hydrogens is 318 g/mol. The Bertz CT molecular complexity index is 779. The van der Waals surface area contributed by atoms with Crippen LogP contribution in [-0.4, -0.2) is 26.2 Å². The molecule has 114 valence electrons. The number of hydrogen-bond donors (Lipinski definition) is 2. The molecule has 0 saturated heterocycles. The van der Waals surface area contributed by atoms with Gasteiger partial charge in [-0.15, -0.1) is 11.3 Å². The van der Waals surface area contributed by atoms with Gasteiger partial charge in [-0.25, -0.2) is 0 Å². The van der Waals surface area contributed by atoms with Crippen molar-refractivity contribution in [2.45, 2.75) is 37.8 Å². The standard InChI is InChI=1S/C14H15N5OS2/c1-9(12(20)16-14(8-15)5-3-6-14)19-11(17-18-13(19)21)10-4-2-7-22-10/h2,4,7,9H,3,5-6H2,1H3,(H,16,20)(H,18,21)/t9-/m0/s1. The van der Waals surface area contributed by atoms with Crippen LogP contribution in [0.15, 0.2) is 17.5 Å². The molecule has 22 heavy (non-hydrogen) atoms. The van der Waals surface area contributed by atoms with E-state index in [2.05, 4.69) is 21.6 Å². The zero-order chi connectivity index (χ0) is 15.7. The minimum absolute atomic E-state index is 0.212. The van der Waals surface area contributed by atoms with Gasteiger partial charge in [0.25, 0.3) is 0 Å². The Labute approximate surface area is 136 Å². The van der Waals surface area contributed by atoms with Crippen LogP contribution in [-0.2, 0) is 4.79 Å². The molecule has 0 spiro atoms. The third-order valence-electron chi connectivity index (χ3n) is 4.00. The number of nitrogens with zero attached hydrogens (tertiary/aromatic N) is 3. The van der Waals surface area contributed by atoms with Crippen LogP contribution in [0.3, 0.4) is 0 Å². The molecule has 0 aliphatic heterocycles. The van der Waals surface area contributed by atoms with Gasteiger partial charge in [0.15, 0.2) is 10.6 Å². The molecule has 1 amide bonds. The van der Waals surface area contributed by atoms with Gasteiger partial charge in [0.1, 0.15) is 11.6 Å². The Balaban J connectivity index is 1.88. The number of carbonyl (C=O) groups is 1. The van der Waals surface area contributed by atoms with E-state index in [9.17, 15) is 10.1 Å². The highest BCUT2D eigenvalue weighted by molar-refractivity contribution is 7.71. The number of nitriles is 1. The third-order valence-corrected chi connectivity index (χ3v) is 5.15. The van der Waals surface area contributed by atoms with E-state index < -0.39 is 11.6 Å². The van der Waals surface area contributed by atoms with Crippen molar-refractivity contribution in [3.63, 3.8) is 0 Å². The second kappa shape index (κ2) is 5.66. The van der Waals surface area contributed by atoms with E-state index in [0.29, 0.717) is 23.4 Å². The second-order valence-electron chi connectivity index (χ2n) is 5.41. The number of nitrogens with one attached hydrogen (secondary N) is 2.